The molecule has 11 heteroatoms. The number of hydrogen-bond donors (Lipinski definition) is 1. The third kappa shape index (κ3) is 4.30. The Labute approximate surface area is 197 Å². The summed E-state index contributed by atoms with van der Waals surface area (Å²) in [7, 11) is 1.61. The molecule has 0 amide bonds. The van der Waals surface area contributed by atoms with E-state index in [2.05, 4.69) is 15.0 Å². The smallest absolute Gasteiger partial charge is 0.277 e. The molecule has 2 atom stereocenters. The van der Waals surface area contributed by atoms with E-state index >= 15 is 0 Å². The summed E-state index contributed by atoms with van der Waals surface area (Å²) < 4.78 is 49.4. The highest BCUT2D eigenvalue weighted by Crippen LogP contribution is 2.34. The molecule has 2 N–H and O–H groups in total. The van der Waals surface area contributed by atoms with E-state index in [1.807, 2.05) is 0 Å². The molecule has 4 rings (SSSR count). The average molecular weight is 492 g/mol. The van der Waals surface area contributed by atoms with Gasteiger partial charge in [0.25, 0.3) is 5.56 Å². The minimum absolute atomic E-state index is 0.0233. The molecule has 0 aliphatic carbocycles. The molecule has 1 fully saturated rings. The van der Waals surface area contributed by atoms with E-state index in [9.17, 15) is 18.0 Å². The number of halogens is 4. The minimum Gasteiger partial charge on any atom is -0.404 e. The molecule has 3 aromatic rings. The maximum absolute atomic E-state index is 14.8. The van der Waals surface area contributed by atoms with Crippen LogP contribution in [0.25, 0.3) is 16.9 Å². The molecule has 7 nitrogen and oxygen atoms in total. The first-order valence-electron chi connectivity index (χ1n) is 10.4. The first-order chi connectivity index (χ1) is 16.2. The molecule has 0 unspecified atom stereocenters. The highest BCUT2D eigenvalue weighted by molar-refractivity contribution is 6.31. The molecule has 1 saturated heterocycles. The van der Waals surface area contributed by atoms with Gasteiger partial charge in [0.2, 0.25) is 0 Å². The average Bonchev–Trinajstić information content (AvgIpc) is 2.83. The Kier molecular flexibility index (Phi) is 6.72. The van der Waals surface area contributed by atoms with Crippen molar-refractivity contribution in [2.75, 3.05) is 13.7 Å². The number of ether oxygens (including phenoxy) is 1. The lowest BCUT2D eigenvalue weighted by Crippen LogP contribution is -2.29. The van der Waals surface area contributed by atoms with Crippen molar-refractivity contribution in [3.05, 3.63) is 74.3 Å². The Morgan fingerprint density at radius 3 is 2.71 bits per heavy atom. The van der Waals surface area contributed by atoms with Crippen molar-refractivity contribution in [2.24, 2.45) is 10.7 Å². The molecule has 1 aliphatic rings. The molecule has 0 saturated carbocycles. The summed E-state index contributed by atoms with van der Waals surface area (Å²) in [6.07, 6.45) is 5.13. The second-order valence-corrected chi connectivity index (χ2v) is 8.28. The SMILES string of the molecule is CN=C/C(=C\N)[C@@H]1C[C@H](c2cn3c(=O)c(Cl)c(C)nc3c(-c3cc(F)c(F)cc3F)n2)CCO1. The van der Waals surface area contributed by atoms with Crippen molar-refractivity contribution < 1.29 is 17.9 Å². The number of aryl methyl sites for hydroxylation is 1. The van der Waals surface area contributed by atoms with Crippen LogP contribution in [-0.2, 0) is 4.74 Å². The lowest BCUT2D eigenvalue weighted by atomic mass is 9.89. The first-order valence-corrected chi connectivity index (χ1v) is 10.8. The van der Waals surface area contributed by atoms with E-state index in [-0.39, 0.29) is 39.6 Å². The second kappa shape index (κ2) is 9.55. The zero-order chi connectivity index (χ0) is 24.6. The summed E-state index contributed by atoms with van der Waals surface area (Å²) in [5, 5.41) is -0.108. The topological polar surface area (TPSA) is 94.9 Å². The second-order valence-electron chi connectivity index (χ2n) is 7.91. The van der Waals surface area contributed by atoms with Gasteiger partial charge in [-0.3, -0.25) is 14.2 Å². The van der Waals surface area contributed by atoms with Gasteiger partial charge in [0, 0.05) is 55.4 Å². The lowest BCUT2D eigenvalue weighted by Gasteiger charge is -2.30. The largest absolute Gasteiger partial charge is 0.404 e. The molecular formula is C23H21ClF3N5O2. The Hall–Kier alpha value is -3.24. The monoisotopic (exact) mass is 491 g/mol. The Morgan fingerprint density at radius 2 is 2.00 bits per heavy atom. The molecule has 1 aliphatic heterocycles. The fourth-order valence-electron chi connectivity index (χ4n) is 4.01. The third-order valence-electron chi connectivity index (χ3n) is 5.75. The van der Waals surface area contributed by atoms with E-state index in [1.54, 1.807) is 13.3 Å². The Bertz CT molecular complexity index is 1390. The van der Waals surface area contributed by atoms with Gasteiger partial charge in [-0.15, -0.1) is 0 Å². The summed E-state index contributed by atoms with van der Waals surface area (Å²) >= 11 is 6.13. The van der Waals surface area contributed by atoms with Gasteiger partial charge in [-0.05, 0) is 25.8 Å². The number of aromatic nitrogens is 3. The third-order valence-corrected chi connectivity index (χ3v) is 6.18. The minimum atomic E-state index is -1.34. The maximum atomic E-state index is 14.8. The van der Waals surface area contributed by atoms with Crippen LogP contribution in [0.1, 0.15) is 30.1 Å². The van der Waals surface area contributed by atoms with E-state index < -0.39 is 23.0 Å². The van der Waals surface area contributed by atoms with E-state index in [4.69, 9.17) is 22.1 Å². The predicted octanol–water partition coefficient (Wildman–Crippen LogP) is 3.94. The summed E-state index contributed by atoms with van der Waals surface area (Å²) in [6, 6.07) is 1.13. The van der Waals surface area contributed by atoms with Crippen LogP contribution >= 0.6 is 11.6 Å². The van der Waals surface area contributed by atoms with Crippen LogP contribution in [0.15, 0.2) is 39.9 Å². The lowest BCUT2D eigenvalue weighted by molar-refractivity contribution is 0.0320. The summed E-state index contributed by atoms with van der Waals surface area (Å²) in [6.45, 7) is 1.89. The van der Waals surface area contributed by atoms with Gasteiger partial charge in [0.1, 0.15) is 16.5 Å². The van der Waals surface area contributed by atoms with Crippen LogP contribution in [-0.4, -0.2) is 40.3 Å². The zero-order valence-electron chi connectivity index (χ0n) is 18.4. The standard InChI is InChI=1S/C23H21ClF3N5O2/c1-11-20(24)23(33)32-10-18(12-3-4-34-19(5-12)13(8-28)9-29-2)31-21(22(32)30-11)14-6-16(26)17(27)7-15(14)25/h6-10,12,19H,3-5,28H2,1-2H3/b13-8+,29-9?/t12-,19+/m1/s1. The number of fused-ring (bicyclic) bond motifs is 1. The molecular weight excluding hydrogens is 471 g/mol. The van der Waals surface area contributed by atoms with Gasteiger partial charge < -0.3 is 10.5 Å². The molecule has 0 radical (unpaired) electrons. The highest BCUT2D eigenvalue weighted by Gasteiger charge is 2.29. The van der Waals surface area contributed by atoms with Crippen molar-refractivity contribution in [2.45, 2.75) is 31.8 Å². The zero-order valence-corrected chi connectivity index (χ0v) is 19.1. The quantitative estimate of drug-likeness (QED) is 0.440. The van der Waals surface area contributed by atoms with Gasteiger partial charge in [0.05, 0.1) is 17.5 Å². The van der Waals surface area contributed by atoms with Gasteiger partial charge >= 0.3 is 0 Å². The van der Waals surface area contributed by atoms with Gasteiger partial charge in [0.15, 0.2) is 17.3 Å². The number of benzene rings is 1. The van der Waals surface area contributed by atoms with E-state index in [0.717, 1.165) is 4.40 Å². The van der Waals surface area contributed by atoms with Crippen LogP contribution in [0.2, 0.25) is 5.02 Å². The maximum Gasteiger partial charge on any atom is 0.277 e. The number of nitrogens with two attached hydrogens (primary N) is 1. The summed E-state index contributed by atoms with van der Waals surface area (Å²) in [5.74, 6) is -3.85. The van der Waals surface area contributed by atoms with E-state index in [1.165, 1.54) is 19.3 Å². The fourth-order valence-corrected chi connectivity index (χ4v) is 4.14. The van der Waals surface area contributed by atoms with Crippen LogP contribution in [0.5, 0.6) is 0 Å². The molecule has 34 heavy (non-hydrogen) atoms. The van der Waals surface area contributed by atoms with Gasteiger partial charge in [-0.1, -0.05) is 11.6 Å². The number of nitrogens with zero attached hydrogens (tertiary/aromatic N) is 4. The molecule has 0 bridgehead atoms. The van der Waals surface area contributed by atoms with Crippen molar-refractivity contribution >= 4 is 23.5 Å². The van der Waals surface area contributed by atoms with E-state index in [0.29, 0.717) is 42.8 Å². The molecule has 3 heterocycles. The Morgan fingerprint density at radius 1 is 1.26 bits per heavy atom. The van der Waals surface area contributed by atoms with Crippen LogP contribution in [0.3, 0.4) is 0 Å². The van der Waals surface area contributed by atoms with Crippen molar-refractivity contribution in [3.63, 3.8) is 0 Å². The van der Waals surface area contributed by atoms with Crippen LogP contribution in [0, 0.1) is 24.4 Å². The van der Waals surface area contributed by atoms with Crippen molar-refractivity contribution in [3.8, 4) is 11.3 Å². The first kappa shape index (κ1) is 23.9. The van der Waals surface area contributed by atoms with Crippen molar-refractivity contribution in [1.82, 2.24) is 14.4 Å². The van der Waals surface area contributed by atoms with Crippen LogP contribution in [0.4, 0.5) is 13.2 Å². The predicted molar refractivity (Wildman–Crippen MR) is 123 cm³/mol. The molecule has 178 valence electrons. The molecule has 1 aromatic carbocycles. The summed E-state index contributed by atoms with van der Waals surface area (Å²) in [5.41, 5.74) is 5.99. The molecule has 2 aromatic heterocycles. The van der Waals surface area contributed by atoms with Gasteiger partial charge in [-0.2, -0.15) is 0 Å². The number of aliphatic imine (C=N–C) groups is 1. The molecule has 0 spiro atoms. The van der Waals surface area contributed by atoms with Gasteiger partial charge in [-0.25, -0.2) is 23.1 Å². The normalized spacial score (nSPS) is 19.3. The number of rotatable bonds is 4. The van der Waals surface area contributed by atoms with Crippen LogP contribution < -0.4 is 11.3 Å². The van der Waals surface area contributed by atoms with Crippen molar-refractivity contribution in [1.29, 1.82) is 0 Å². The Balaban J connectivity index is 1.93. The summed E-state index contributed by atoms with van der Waals surface area (Å²) in [4.78, 5) is 25.8. The number of hydrogen-bond acceptors (Lipinski definition) is 6. The fraction of sp³-hybridized carbons (Fsp3) is 0.304. The highest BCUT2D eigenvalue weighted by atomic mass is 35.5.